The second-order valence-electron chi connectivity index (χ2n) is 7.53. The van der Waals surface area contributed by atoms with Gasteiger partial charge in [-0.3, -0.25) is 14.4 Å². The maximum absolute atomic E-state index is 12.9. The zero-order chi connectivity index (χ0) is 18.7. The fraction of sp³-hybridized carbons (Fsp3) is 0.550. The number of benzene rings is 1. The van der Waals surface area contributed by atoms with Gasteiger partial charge < -0.3 is 15.1 Å². The zero-order valence-corrected chi connectivity index (χ0v) is 15.5. The highest BCUT2D eigenvalue weighted by Crippen LogP contribution is 2.44. The van der Waals surface area contributed by atoms with E-state index in [-0.39, 0.29) is 35.7 Å². The predicted octanol–water partition coefficient (Wildman–Crippen LogP) is 1.20. The summed E-state index contributed by atoms with van der Waals surface area (Å²) in [6.45, 7) is 2.59. The Morgan fingerprint density at radius 2 is 1.85 bits per heavy atom. The Balaban J connectivity index is 1.60. The number of likely N-dealkylation sites (N-methyl/N-ethyl adjacent to an activating group) is 1. The normalized spacial score (nSPS) is 21.9. The second kappa shape index (κ2) is 7.48. The van der Waals surface area contributed by atoms with Crippen molar-refractivity contribution in [2.45, 2.75) is 38.6 Å². The van der Waals surface area contributed by atoms with E-state index >= 15 is 0 Å². The van der Waals surface area contributed by atoms with Crippen molar-refractivity contribution >= 4 is 17.7 Å². The summed E-state index contributed by atoms with van der Waals surface area (Å²) in [5.41, 5.74) is 0.913. The topological polar surface area (TPSA) is 69.7 Å². The minimum atomic E-state index is -0.334. The van der Waals surface area contributed by atoms with Crippen LogP contribution in [0.4, 0.5) is 0 Å². The van der Waals surface area contributed by atoms with Gasteiger partial charge in [-0.25, -0.2) is 0 Å². The molecule has 6 heteroatoms. The van der Waals surface area contributed by atoms with E-state index in [4.69, 9.17) is 0 Å². The summed E-state index contributed by atoms with van der Waals surface area (Å²) in [5, 5.41) is 2.55. The minimum absolute atomic E-state index is 0.0345. The molecule has 0 aromatic heterocycles. The number of amides is 3. The monoisotopic (exact) mass is 357 g/mol. The van der Waals surface area contributed by atoms with Crippen LogP contribution in [-0.4, -0.2) is 60.2 Å². The van der Waals surface area contributed by atoms with Gasteiger partial charge in [-0.2, -0.15) is 0 Å². The largest absolute Gasteiger partial charge is 0.347 e. The van der Waals surface area contributed by atoms with E-state index in [1.807, 2.05) is 30.1 Å². The zero-order valence-electron chi connectivity index (χ0n) is 15.5. The van der Waals surface area contributed by atoms with Crippen LogP contribution in [-0.2, 0) is 20.8 Å². The molecule has 1 aromatic rings. The molecule has 26 heavy (non-hydrogen) atoms. The van der Waals surface area contributed by atoms with E-state index in [1.165, 1.54) is 12.5 Å². The Morgan fingerprint density at radius 3 is 2.46 bits per heavy atom. The first-order chi connectivity index (χ1) is 12.4. The molecule has 2 heterocycles. The van der Waals surface area contributed by atoms with Gasteiger partial charge in [-0.05, 0) is 31.2 Å². The van der Waals surface area contributed by atoms with Crippen LogP contribution in [0.2, 0.25) is 0 Å². The third-order valence-electron chi connectivity index (χ3n) is 5.82. The standard InChI is InChI=1S/C20H27N3O3/c1-15(24)21-14-18(25)23-10-8-20(9-11-23)13-17(22(2)19(20)26)12-16-6-4-3-5-7-16/h3-7,17H,8-14H2,1-2H3,(H,21,24). The molecule has 0 bridgehead atoms. The molecule has 0 radical (unpaired) electrons. The number of nitrogens with one attached hydrogen (secondary N) is 1. The van der Waals surface area contributed by atoms with Crippen LogP contribution in [0, 0.1) is 5.41 Å². The van der Waals surface area contributed by atoms with Gasteiger partial charge in [0, 0.05) is 33.1 Å². The third kappa shape index (κ3) is 3.74. The molecule has 2 aliphatic rings. The van der Waals surface area contributed by atoms with Crippen LogP contribution in [0.3, 0.4) is 0 Å². The Kier molecular flexibility index (Phi) is 5.30. The van der Waals surface area contributed by atoms with Gasteiger partial charge >= 0.3 is 0 Å². The molecular weight excluding hydrogens is 330 g/mol. The first-order valence-corrected chi connectivity index (χ1v) is 9.25. The van der Waals surface area contributed by atoms with Crippen LogP contribution in [0.25, 0.3) is 0 Å². The van der Waals surface area contributed by atoms with E-state index in [1.54, 1.807) is 4.90 Å². The lowest BCUT2D eigenvalue weighted by atomic mass is 9.75. The maximum Gasteiger partial charge on any atom is 0.241 e. The van der Waals surface area contributed by atoms with Gasteiger partial charge in [0.1, 0.15) is 0 Å². The summed E-state index contributed by atoms with van der Waals surface area (Å²) >= 11 is 0. The van der Waals surface area contributed by atoms with Crippen molar-refractivity contribution < 1.29 is 14.4 Å². The highest BCUT2D eigenvalue weighted by molar-refractivity contribution is 5.87. The number of likely N-dealkylation sites (tertiary alicyclic amines) is 2. The SMILES string of the molecule is CC(=O)NCC(=O)N1CCC2(CC1)CC(Cc1ccccc1)N(C)C2=O. The number of piperidine rings is 1. The molecule has 1 atom stereocenters. The number of hydrogen-bond acceptors (Lipinski definition) is 3. The molecule has 0 saturated carbocycles. The van der Waals surface area contributed by atoms with Crippen LogP contribution in [0.1, 0.15) is 31.7 Å². The van der Waals surface area contributed by atoms with Gasteiger partial charge in [-0.15, -0.1) is 0 Å². The summed E-state index contributed by atoms with van der Waals surface area (Å²) in [7, 11) is 1.90. The predicted molar refractivity (Wildman–Crippen MR) is 98.3 cm³/mol. The summed E-state index contributed by atoms with van der Waals surface area (Å²) in [4.78, 5) is 39.7. The molecule has 6 nitrogen and oxygen atoms in total. The molecular formula is C20H27N3O3. The average Bonchev–Trinajstić information content (AvgIpc) is 2.86. The molecule has 3 rings (SSSR count). The maximum atomic E-state index is 12.9. The van der Waals surface area contributed by atoms with Crippen molar-refractivity contribution in [3.8, 4) is 0 Å². The quantitative estimate of drug-likeness (QED) is 0.880. The van der Waals surface area contributed by atoms with E-state index in [0.717, 1.165) is 12.8 Å². The molecule has 2 fully saturated rings. The lowest BCUT2D eigenvalue weighted by Gasteiger charge is -2.37. The van der Waals surface area contributed by atoms with Crippen LogP contribution < -0.4 is 5.32 Å². The van der Waals surface area contributed by atoms with E-state index in [9.17, 15) is 14.4 Å². The Morgan fingerprint density at radius 1 is 1.19 bits per heavy atom. The lowest BCUT2D eigenvalue weighted by Crippen LogP contribution is -2.48. The van der Waals surface area contributed by atoms with Gasteiger partial charge in [0.05, 0.1) is 12.0 Å². The average molecular weight is 357 g/mol. The van der Waals surface area contributed by atoms with Gasteiger partial charge in [0.2, 0.25) is 17.7 Å². The van der Waals surface area contributed by atoms with Gasteiger partial charge in [0.15, 0.2) is 0 Å². The third-order valence-corrected chi connectivity index (χ3v) is 5.82. The molecule has 2 saturated heterocycles. The smallest absolute Gasteiger partial charge is 0.241 e. The first-order valence-electron chi connectivity index (χ1n) is 9.25. The number of hydrogen-bond donors (Lipinski definition) is 1. The van der Waals surface area contributed by atoms with Crippen molar-refractivity contribution in [3.05, 3.63) is 35.9 Å². The lowest BCUT2D eigenvalue weighted by molar-refractivity contribution is -0.142. The molecule has 140 valence electrons. The number of carbonyl (C=O) groups excluding carboxylic acids is 3. The van der Waals surface area contributed by atoms with Gasteiger partial charge in [-0.1, -0.05) is 30.3 Å². The van der Waals surface area contributed by atoms with Crippen molar-refractivity contribution in [2.24, 2.45) is 5.41 Å². The fourth-order valence-electron chi connectivity index (χ4n) is 4.22. The summed E-state index contributed by atoms with van der Waals surface area (Å²) in [5.74, 6) is -0.0646. The Bertz CT molecular complexity index is 681. The molecule has 1 N–H and O–H groups in total. The highest BCUT2D eigenvalue weighted by atomic mass is 16.2. The van der Waals surface area contributed by atoms with Crippen LogP contribution >= 0.6 is 0 Å². The summed E-state index contributed by atoms with van der Waals surface area (Å²) in [6, 6.07) is 10.5. The van der Waals surface area contributed by atoms with Crippen molar-refractivity contribution in [1.82, 2.24) is 15.1 Å². The summed E-state index contributed by atoms with van der Waals surface area (Å²) < 4.78 is 0. The Labute approximate surface area is 154 Å². The van der Waals surface area contributed by atoms with E-state index in [2.05, 4.69) is 17.4 Å². The second-order valence-corrected chi connectivity index (χ2v) is 7.53. The highest BCUT2D eigenvalue weighted by Gasteiger charge is 2.51. The van der Waals surface area contributed by atoms with E-state index in [0.29, 0.717) is 25.9 Å². The van der Waals surface area contributed by atoms with E-state index < -0.39 is 0 Å². The summed E-state index contributed by atoms with van der Waals surface area (Å²) in [6.07, 6.45) is 3.13. The first kappa shape index (κ1) is 18.4. The molecule has 1 aromatic carbocycles. The molecule has 1 spiro atoms. The molecule has 0 aliphatic carbocycles. The fourth-order valence-corrected chi connectivity index (χ4v) is 4.22. The van der Waals surface area contributed by atoms with Crippen molar-refractivity contribution in [1.29, 1.82) is 0 Å². The number of nitrogens with zero attached hydrogens (tertiary/aromatic N) is 2. The van der Waals surface area contributed by atoms with Crippen molar-refractivity contribution in [2.75, 3.05) is 26.7 Å². The molecule has 2 aliphatic heterocycles. The minimum Gasteiger partial charge on any atom is -0.347 e. The number of carbonyl (C=O) groups is 3. The molecule has 3 amide bonds. The Hall–Kier alpha value is -2.37. The van der Waals surface area contributed by atoms with Gasteiger partial charge in [0.25, 0.3) is 0 Å². The van der Waals surface area contributed by atoms with Crippen LogP contribution in [0.5, 0.6) is 0 Å². The number of rotatable bonds is 4. The van der Waals surface area contributed by atoms with Crippen molar-refractivity contribution in [3.63, 3.8) is 0 Å². The van der Waals surface area contributed by atoms with Crippen LogP contribution in [0.15, 0.2) is 30.3 Å². The molecule has 1 unspecified atom stereocenters.